The quantitative estimate of drug-likeness (QED) is 0.812. The number of amides is 1. The monoisotopic (exact) mass is 307 g/mol. The van der Waals surface area contributed by atoms with Crippen LogP contribution in [-0.2, 0) is 13.0 Å². The highest BCUT2D eigenvalue weighted by atomic mass is 35.5. The molecular formula is C16H18ClNOS. The molecule has 4 heteroatoms. The van der Waals surface area contributed by atoms with E-state index in [1.54, 1.807) is 16.2 Å². The summed E-state index contributed by atoms with van der Waals surface area (Å²) in [6.07, 6.45) is 0.970. The van der Waals surface area contributed by atoms with Crippen LogP contribution in [0.1, 0.15) is 32.6 Å². The molecule has 20 heavy (non-hydrogen) atoms. The summed E-state index contributed by atoms with van der Waals surface area (Å²) >= 11 is 7.72. The molecular weight excluding hydrogens is 290 g/mol. The minimum atomic E-state index is 0.0534. The average molecular weight is 308 g/mol. The zero-order chi connectivity index (χ0) is 14.7. The number of hydrogen-bond donors (Lipinski definition) is 0. The van der Waals surface area contributed by atoms with Crippen LogP contribution in [-0.4, -0.2) is 17.9 Å². The predicted molar refractivity (Wildman–Crippen MR) is 85.7 cm³/mol. The Labute approximate surface area is 129 Å². The Kier molecular flexibility index (Phi) is 4.84. The Bertz CT molecular complexity index is 621. The van der Waals surface area contributed by atoms with E-state index in [4.69, 9.17) is 11.6 Å². The first kappa shape index (κ1) is 15.1. The third-order valence-corrected chi connectivity index (χ3v) is 5.00. The number of halogens is 1. The molecule has 0 aliphatic heterocycles. The smallest absolute Gasteiger partial charge is 0.263 e. The van der Waals surface area contributed by atoms with Gasteiger partial charge in [0.2, 0.25) is 0 Å². The van der Waals surface area contributed by atoms with Crippen molar-refractivity contribution in [2.45, 2.75) is 26.8 Å². The van der Waals surface area contributed by atoms with E-state index in [0.717, 1.165) is 16.9 Å². The van der Waals surface area contributed by atoms with Crippen molar-refractivity contribution in [3.63, 3.8) is 0 Å². The Morgan fingerprint density at radius 1 is 1.35 bits per heavy atom. The molecule has 2 rings (SSSR count). The number of rotatable bonds is 4. The second-order valence-electron chi connectivity index (χ2n) is 4.82. The molecule has 0 aliphatic rings. The first-order valence-electron chi connectivity index (χ1n) is 6.61. The van der Waals surface area contributed by atoms with Gasteiger partial charge in [-0.2, -0.15) is 0 Å². The van der Waals surface area contributed by atoms with Crippen LogP contribution in [0.5, 0.6) is 0 Å². The van der Waals surface area contributed by atoms with Crippen LogP contribution in [0.4, 0.5) is 0 Å². The van der Waals surface area contributed by atoms with Gasteiger partial charge in [0, 0.05) is 23.5 Å². The Hall–Kier alpha value is -1.32. The van der Waals surface area contributed by atoms with E-state index in [0.29, 0.717) is 11.6 Å². The van der Waals surface area contributed by atoms with Crippen LogP contribution in [0.2, 0.25) is 5.02 Å². The van der Waals surface area contributed by atoms with Crippen LogP contribution in [0, 0.1) is 6.92 Å². The van der Waals surface area contributed by atoms with Gasteiger partial charge in [0.05, 0.1) is 4.88 Å². The van der Waals surface area contributed by atoms with Gasteiger partial charge in [0.25, 0.3) is 5.91 Å². The molecule has 0 saturated heterocycles. The zero-order valence-electron chi connectivity index (χ0n) is 11.9. The number of aryl methyl sites for hydroxylation is 2. The van der Waals surface area contributed by atoms with E-state index in [-0.39, 0.29) is 5.91 Å². The predicted octanol–water partition coefficient (Wildman–Crippen LogP) is 4.54. The summed E-state index contributed by atoms with van der Waals surface area (Å²) in [7, 11) is 1.81. The minimum absolute atomic E-state index is 0.0534. The van der Waals surface area contributed by atoms with Crippen LogP contribution in [0.15, 0.2) is 30.3 Å². The maximum Gasteiger partial charge on any atom is 0.263 e. The lowest BCUT2D eigenvalue weighted by Crippen LogP contribution is -2.25. The van der Waals surface area contributed by atoms with Crippen molar-refractivity contribution in [1.29, 1.82) is 0 Å². The fraction of sp³-hybridized carbons (Fsp3) is 0.312. The lowest BCUT2D eigenvalue weighted by Gasteiger charge is -2.17. The Morgan fingerprint density at radius 3 is 2.65 bits per heavy atom. The molecule has 0 bridgehead atoms. The number of hydrogen-bond acceptors (Lipinski definition) is 2. The van der Waals surface area contributed by atoms with Gasteiger partial charge in [-0.05, 0) is 36.6 Å². The molecule has 2 nitrogen and oxygen atoms in total. The third kappa shape index (κ3) is 3.22. The molecule has 1 aromatic carbocycles. The Morgan fingerprint density at radius 2 is 2.05 bits per heavy atom. The van der Waals surface area contributed by atoms with Crippen molar-refractivity contribution in [1.82, 2.24) is 4.90 Å². The van der Waals surface area contributed by atoms with Crippen molar-refractivity contribution < 1.29 is 4.79 Å². The molecule has 106 valence electrons. The van der Waals surface area contributed by atoms with Crippen LogP contribution >= 0.6 is 22.9 Å². The molecule has 0 saturated carbocycles. The van der Waals surface area contributed by atoms with Gasteiger partial charge in [-0.25, -0.2) is 0 Å². The second-order valence-corrected chi connectivity index (χ2v) is 6.37. The molecule has 0 spiro atoms. The van der Waals surface area contributed by atoms with Crippen molar-refractivity contribution >= 4 is 28.8 Å². The highest BCUT2D eigenvalue weighted by Gasteiger charge is 2.16. The SMILES string of the molecule is CCc1sc(C(=O)N(C)Cc2ccccc2Cl)cc1C. The Balaban J connectivity index is 2.14. The van der Waals surface area contributed by atoms with E-state index in [2.05, 4.69) is 13.8 Å². The number of thiophene rings is 1. The molecule has 0 unspecified atom stereocenters. The standard InChI is InChI=1S/C16H18ClNOS/c1-4-14-11(2)9-15(20-14)16(19)18(3)10-12-7-5-6-8-13(12)17/h5-9H,4,10H2,1-3H3. The summed E-state index contributed by atoms with van der Waals surface area (Å²) in [6.45, 7) is 4.69. The second kappa shape index (κ2) is 6.42. The van der Waals surface area contributed by atoms with E-state index in [1.807, 2.05) is 37.4 Å². The van der Waals surface area contributed by atoms with E-state index < -0.39 is 0 Å². The fourth-order valence-electron chi connectivity index (χ4n) is 2.12. The van der Waals surface area contributed by atoms with Crippen molar-refractivity contribution in [3.8, 4) is 0 Å². The van der Waals surface area contributed by atoms with Crippen LogP contribution < -0.4 is 0 Å². The molecule has 1 aromatic heterocycles. The van der Waals surface area contributed by atoms with Gasteiger partial charge in [-0.15, -0.1) is 11.3 Å². The van der Waals surface area contributed by atoms with Gasteiger partial charge in [-0.1, -0.05) is 36.7 Å². The molecule has 0 atom stereocenters. The van der Waals surface area contributed by atoms with Gasteiger partial charge in [0.1, 0.15) is 0 Å². The summed E-state index contributed by atoms with van der Waals surface area (Å²) in [6, 6.07) is 9.60. The van der Waals surface area contributed by atoms with E-state index in [9.17, 15) is 4.79 Å². The molecule has 0 N–H and O–H groups in total. The maximum atomic E-state index is 12.4. The van der Waals surface area contributed by atoms with Gasteiger partial charge in [0.15, 0.2) is 0 Å². The first-order chi connectivity index (χ1) is 9.52. The van der Waals surface area contributed by atoms with Crippen LogP contribution in [0.25, 0.3) is 0 Å². The maximum absolute atomic E-state index is 12.4. The molecule has 1 amide bonds. The van der Waals surface area contributed by atoms with Crippen LogP contribution in [0.3, 0.4) is 0 Å². The van der Waals surface area contributed by atoms with E-state index >= 15 is 0 Å². The highest BCUT2D eigenvalue weighted by molar-refractivity contribution is 7.14. The minimum Gasteiger partial charge on any atom is -0.337 e. The van der Waals surface area contributed by atoms with Gasteiger partial charge >= 0.3 is 0 Å². The number of carbonyl (C=O) groups excluding carboxylic acids is 1. The number of carbonyl (C=O) groups is 1. The topological polar surface area (TPSA) is 20.3 Å². The normalized spacial score (nSPS) is 10.6. The third-order valence-electron chi connectivity index (χ3n) is 3.26. The lowest BCUT2D eigenvalue weighted by atomic mass is 10.2. The summed E-state index contributed by atoms with van der Waals surface area (Å²) in [5.74, 6) is 0.0534. The number of benzene rings is 1. The summed E-state index contributed by atoms with van der Waals surface area (Å²) < 4.78 is 0. The molecule has 0 fully saturated rings. The fourth-order valence-corrected chi connectivity index (χ4v) is 3.42. The number of nitrogens with zero attached hydrogens (tertiary/aromatic N) is 1. The summed E-state index contributed by atoms with van der Waals surface area (Å²) in [5, 5.41) is 0.698. The van der Waals surface area contributed by atoms with Crippen molar-refractivity contribution in [3.05, 3.63) is 56.2 Å². The molecule has 0 radical (unpaired) electrons. The van der Waals surface area contributed by atoms with Gasteiger partial charge < -0.3 is 4.90 Å². The van der Waals surface area contributed by atoms with Gasteiger partial charge in [-0.3, -0.25) is 4.79 Å². The van der Waals surface area contributed by atoms with Crippen molar-refractivity contribution in [2.24, 2.45) is 0 Å². The zero-order valence-corrected chi connectivity index (χ0v) is 13.5. The lowest BCUT2D eigenvalue weighted by molar-refractivity contribution is 0.0790. The molecule has 1 heterocycles. The first-order valence-corrected chi connectivity index (χ1v) is 7.80. The average Bonchev–Trinajstić information content (AvgIpc) is 2.81. The highest BCUT2D eigenvalue weighted by Crippen LogP contribution is 2.24. The summed E-state index contributed by atoms with van der Waals surface area (Å²) in [5.41, 5.74) is 2.17. The molecule has 0 aliphatic carbocycles. The summed E-state index contributed by atoms with van der Waals surface area (Å²) in [4.78, 5) is 16.2. The van der Waals surface area contributed by atoms with E-state index in [1.165, 1.54) is 10.4 Å². The largest absolute Gasteiger partial charge is 0.337 e. The van der Waals surface area contributed by atoms with Crippen molar-refractivity contribution in [2.75, 3.05) is 7.05 Å². The molecule has 2 aromatic rings.